The van der Waals surface area contributed by atoms with Crippen molar-refractivity contribution in [2.45, 2.75) is 6.42 Å². The van der Waals surface area contributed by atoms with E-state index in [9.17, 15) is 4.79 Å². The first kappa shape index (κ1) is 17.2. The number of rotatable bonds is 3. The third kappa shape index (κ3) is 3.26. The maximum atomic E-state index is 11.7. The number of nitrogens with two attached hydrogens (primary N) is 1. The number of aromatic nitrogens is 2. The number of nitrogen functional groups attached to an aromatic ring is 1. The van der Waals surface area contributed by atoms with E-state index in [1.165, 1.54) is 7.05 Å². The number of urea groups is 1. The quantitative estimate of drug-likeness (QED) is 0.598. The molecular formula is C18H16ClN5O3. The number of nitrogens with zero attached hydrogens (tertiary/aromatic N) is 2. The highest BCUT2D eigenvalue weighted by molar-refractivity contribution is 6.34. The largest absolute Gasteiger partial charge is 0.454 e. The van der Waals surface area contributed by atoms with E-state index in [2.05, 4.69) is 20.6 Å². The van der Waals surface area contributed by atoms with Gasteiger partial charge in [-0.2, -0.15) is 0 Å². The zero-order valence-corrected chi connectivity index (χ0v) is 15.1. The molecule has 1 aliphatic rings. The maximum Gasteiger partial charge on any atom is 0.321 e. The molecular weight excluding hydrogens is 370 g/mol. The van der Waals surface area contributed by atoms with Crippen LogP contribution in [-0.2, 0) is 6.42 Å². The van der Waals surface area contributed by atoms with E-state index in [0.717, 1.165) is 5.56 Å². The van der Waals surface area contributed by atoms with Crippen molar-refractivity contribution in [1.29, 1.82) is 0 Å². The molecule has 0 saturated heterocycles. The average Bonchev–Trinajstić information content (AvgIpc) is 3.12. The number of benzene rings is 2. The molecule has 4 N–H and O–H groups in total. The van der Waals surface area contributed by atoms with Gasteiger partial charge in [-0.1, -0.05) is 17.7 Å². The van der Waals surface area contributed by atoms with E-state index in [4.69, 9.17) is 26.8 Å². The van der Waals surface area contributed by atoms with Crippen molar-refractivity contribution in [3.63, 3.8) is 0 Å². The lowest BCUT2D eigenvalue weighted by Crippen LogP contribution is -2.25. The summed E-state index contributed by atoms with van der Waals surface area (Å²) in [6.45, 7) is 0.206. The van der Waals surface area contributed by atoms with Gasteiger partial charge in [0, 0.05) is 18.9 Å². The molecule has 2 aromatic carbocycles. The average molecular weight is 386 g/mol. The first-order chi connectivity index (χ1) is 13.0. The van der Waals surface area contributed by atoms with Gasteiger partial charge in [-0.05, 0) is 29.8 Å². The number of hydrogen-bond donors (Lipinski definition) is 3. The van der Waals surface area contributed by atoms with Gasteiger partial charge in [-0.15, -0.1) is 0 Å². The summed E-state index contributed by atoms with van der Waals surface area (Å²) in [5.74, 6) is 1.57. The minimum Gasteiger partial charge on any atom is -0.454 e. The summed E-state index contributed by atoms with van der Waals surface area (Å²) >= 11 is 6.19. The molecule has 0 atom stereocenters. The molecule has 0 radical (unpaired) electrons. The van der Waals surface area contributed by atoms with E-state index in [1.807, 2.05) is 18.2 Å². The van der Waals surface area contributed by atoms with Gasteiger partial charge in [0.15, 0.2) is 11.5 Å². The van der Waals surface area contributed by atoms with Gasteiger partial charge in [-0.3, -0.25) is 5.32 Å². The molecule has 0 unspecified atom stereocenters. The molecule has 0 fully saturated rings. The lowest BCUT2D eigenvalue weighted by atomic mass is 10.0. The van der Waals surface area contributed by atoms with Crippen molar-refractivity contribution >= 4 is 40.2 Å². The summed E-state index contributed by atoms with van der Waals surface area (Å²) in [4.78, 5) is 20.5. The zero-order valence-electron chi connectivity index (χ0n) is 14.4. The number of carbonyl (C=O) groups is 1. The molecule has 1 aromatic heterocycles. The van der Waals surface area contributed by atoms with Crippen LogP contribution in [0.25, 0.3) is 10.9 Å². The topological polar surface area (TPSA) is 111 Å². The molecule has 2 heterocycles. The predicted molar refractivity (Wildman–Crippen MR) is 102 cm³/mol. The number of fused-ring (bicyclic) bond motifs is 2. The molecule has 0 saturated carbocycles. The van der Waals surface area contributed by atoms with Crippen LogP contribution in [0.4, 0.5) is 16.4 Å². The van der Waals surface area contributed by atoms with Crippen LogP contribution in [0, 0.1) is 0 Å². The van der Waals surface area contributed by atoms with E-state index in [0.29, 0.717) is 45.2 Å². The van der Waals surface area contributed by atoms with E-state index in [-0.39, 0.29) is 12.7 Å². The third-order valence-electron chi connectivity index (χ3n) is 4.19. The highest BCUT2D eigenvalue weighted by Gasteiger charge is 2.17. The van der Waals surface area contributed by atoms with Crippen molar-refractivity contribution in [1.82, 2.24) is 15.3 Å². The van der Waals surface area contributed by atoms with Crippen LogP contribution in [0.3, 0.4) is 0 Å². The summed E-state index contributed by atoms with van der Waals surface area (Å²) in [6, 6.07) is 8.66. The van der Waals surface area contributed by atoms with Crippen LogP contribution in [0.2, 0.25) is 5.02 Å². The molecule has 138 valence electrons. The molecule has 2 amide bonds. The Kier molecular flexibility index (Phi) is 4.33. The molecule has 1 aliphatic heterocycles. The van der Waals surface area contributed by atoms with Crippen molar-refractivity contribution < 1.29 is 14.3 Å². The Balaban J connectivity index is 1.81. The van der Waals surface area contributed by atoms with Crippen molar-refractivity contribution in [3.8, 4) is 11.5 Å². The van der Waals surface area contributed by atoms with Crippen LogP contribution >= 0.6 is 11.6 Å². The van der Waals surface area contributed by atoms with E-state index in [1.54, 1.807) is 12.1 Å². The zero-order chi connectivity index (χ0) is 19.0. The fourth-order valence-electron chi connectivity index (χ4n) is 2.89. The van der Waals surface area contributed by atoms with Gasteiger partial charge >= 0.3 is 6.03 Å². The number of halogens is 1. The molecule has 3 aromatic rings. The van der Waals surface area contributed by atoms with E-state index >= 15 is 0 Å². The summed E-state index contributed by atoms with van der Waals surface area (Å²) in [7, 11) is 1.52. The lowest BCUT2D eigenvalue weighted by molar-refractivity contribution is 0.174. The van der Waals surface area contributed by atoms with Crippen LogP contribution < -0.4 is 25.8 Å². The number of carbonyl (C=O) groups excluding carboxylic acids is 1. The summed E-state index contributed by atoms with van der Waals surface area (Å²) in [5.41, 5.74) is 8.77. The Bertz CT molecular complexity index is 1060. The van der Waals surface area contributed by atoms with Gasteiger partial charge in [-0.25, -0.2) is 14.8 Å². The minimum atomic E-state index is -0.412. The molecule has 27 heavy (non-hydrogen) atoms. The monoisotopic (exact) mass is 385 g/mol. The fraction of sp³-hybridized carbons (Fsp3) is 0.167. The summed E-state index contributed by atoms with van der Waals surface area (Å²) < 4.78 is 10.8. The third-order valence-corrected chi connectivity index (χ3v) is 4.52. The summed E-state index contributed by atoms with van der Waals surface area (Å²) in [5, 5.41) is 6.14. The van der Waals surface area contributed by atoms with Crippen molar-refractivity contribution in [3.05, 3.63) is 46.6 Å². The van der Waals surface area contributed by atoms with Gasteiger partial charge in [0.1, 0.15) is 0 Å². The number of nitrogens with one attached hydrogen (secondary N) is 2. The fourth-order valence-corrected chi connectivity index (χ4v) is 3.05. The van der Waals surface area contributed by atoms with Gasteiger partial charge in [0.05, 0.1) is 21.9 Å². The Morgan fingerprint density at radius 2 is 2.04 bits per heavy atom. The standard InChI is InChI=1S/C18H16ClN5O3/c1-21-18(25)24-17-22-11-4-3-10(19)16(20)15(11)12(23-17)6-9-2-5-13-14(7-9)27-8-26-13/h2-5,7H,6,8,20H2,1H3,(H2,21,22,23,24,25). The first-order valence-electron chi connectivity index (χ1n) is 8.17. The van der Waals surface area contributed by atoms with Gasteiger partial charge < -0.3 is 20.5 Å². The number of ether oxygens (including phenoxy) is 2. The highest BCUT2D eigenvalue weighted by Crippen LogP contribution is 2.35. The SMILES string of the molecule is CNC(=O)Nc1nc(Cc2ccc3c(c2)OCO3)c2c(N)c(Cl)ccc2n1. The Morgan fingerprint density at radius 3 is 2.85 bits per heavy atom. The lowest BCUT2D eigenvalue weighted by Gasteiger charge is -2.12. The maximum absolute atomic E-state index is 11.7. The Hall–Kier alpha value is -3.26. The van der Waals surface area contributed by atoms with Crippen LogP contribution in [0.15, 0.2) is 30.3 Å². The molecule has 0 spiro atoms. The number of amides is 2. The second-order valence-electron chi connectivity index (χ2n) is 5.92. The normalized spacial score (nSPS) is 12.2. The summed E-state index contributed by atoms with van der Waals surface area (Å²) in [6.07, 6.45) is 0.447. The van der Waals surface area contributed by atoms with Crippen LogP contribution in [0.5, 0.6) is 11.5 Å². The van der Waals surface area contributed by atoms with Gasteiger partial charge in [0.2, 0.25) is 12.7 Å². The van der Waals surface area contributed by atoms with E-state index < -0.39 is 6.03 Å². The molecule has 0 aliphatic carbocycles. The van der Waals surface area contributed by atoms with Crippen LogP contribution in [0.1, 0.15) is 11.3 Å². The Labute approximate surface area is 159 Å². The van der Waals surface area contributed by atoms with Crippen LogP contribution in [-0.4, -0.2) is 29.8 Å². The molecule has 8 nitrogen and oxygen atoms in total. The molecule has 0 bridgehead atoms. The number of hydrogen-bond acceptors (Lipinski definition) is 6. The van der Waals surface area contributed by atoms with Crippen molar-refractivity contribution in [2.75, 3.05) is 24.9 Å². The second kappa shape index (κ2) is 6.81. The smallest absolute Gasteiger partial charge is 0.321 e. The first-order valence-corrected chi connectivity index (χ1v) is 8.55. The van der Waals surface area contributed by atoms with Gasteiger partial charge in [0.25, 0.3) is 0 Å². The molecule has 4 rings (SSSR count). The predicted octanol–water partition coefficient (Wildman–Crippen LogP) is 2.94. The second-order valence-corrected chi connectivity index (χ2v) is 6.32. The minimum absolute atomic E-state index is 0.180. The Morgan fingerprint density at radius 1 is 1.22 bits per heavy atom. The van der Waals surface area contributed by atoms with Crippen molar-refractivity contribution in [2.24, 2.45) is 0 Å². The highest BCUT2D eigenvalue weighted by atomic mass is 35.5. The molecule has 9 heteroatoms. The number of anilines is 2.